The summed E-state index contributed by atoms with van der Waals surface area (Å²) in [7, 11) is 2.06. The highest BCUT2D eigenvalue weighted by Crippen LogP contribution is 2.27. The van der Waals surface area contributed by atoms with Crippen LogP contribution >= 0.6 is 11.6 Å². The van der Waals surface area contributed by atoms with Crippen LogP contribution in [-0.2, 0) is 13.5 Å². The highest BCUT2D eigenvalue weighted by Gasteiger charge is 2.10. The third-order valence-corrected chi connectivity index (χ3v) is 3.22. The van der Waals surface area contributed by atoms with Crippen molar-refractivity contribution in [3.05, 3.63) is 34.5 Å². The minimum Gasteiger partial charge on any atom is -0.348 e. The van der Waals surface area contributed by atoms with Crippen molar-refractivity contribution in [3.63, 3.8) is 0 Å². The Bertz CT molecular complexity index is 500. The number of rotatable bonds is 2. The molecule has 0 atom stereocenters. The van der Waals surface area contributed by atoms with Gasteiger partial charge in [-0.2, -0.15) is 0 Å². The molecule has 0 saturated carbocycles. The van der Waals surface area contributed by atoms with Crippen LogP contribution in [0.15, 0.2) is 18.2 Å². The normalized spacial score (nSPS) is 11.2. The molecule has 80 valence electrons. The molecule has 15 heavy (non-hydrogen) atoms. The maximum absolute atomic E-state index is 5.99. The first-order valence-corrected chi connectivity index (χ1v) is 5.46. The van der Waals surface area contributed by atoms with E-state index in [4.69, 9.17) is 17.3 Å². The molecule has 0 aliphatic rings. The third kappa shape index (κ3) is 1.64. The molecule has 0 aliphatic carbocycles. The van der Waals surface area contributed by atoms with Gasteiger partial charge in [-0.25, -0.2) is 0 Å². The average Bonchev–Trinajstić information content (AvgIpc) is 2.44. The van der Waals surface area contributed by atoms with Gasteiger partial charge in [-0.3, -0.25) is 0 Å². The molecule has 0 saturated heterocycles. The van der Waals surface area contributed by atoms with Crippen LogP contribution in [0.25, 0.3) is 10.9 Å². The fourth-order valence-corrected chi connectivity index (χ4v) is 2.24. The molecule has 1 aromatic carbocycles. The van der Waals surface area contributed by atoms with Crippen molar-refractivity contribution in [1.29, 1.82) is 0 Å². The fraction of sp³-hybridized carbons (Fsp3) is 0.333. The number of aromatic nitrogens is 1. The molecular formula is C12H15ClN2. The summed E-state index contributed by atoms with van der Waals surface area (Å²) >= 11 is 5.99. The standard InChI is InChI=1S/C12H15ClN2/c1-8-10(5-6-14)11-4-3-9(13)7-12(11)15(8)2/h3-4,7H,5-6,14H2,1-2H3. The predicted octanol–water partition coefficient (Wildman–Crippen LogP) is 2.64. The highest BCUT2D eigenvalue weighted by molar-refractivity contribution is 6.31. The molecule has 1 heterocycles. The first kappa shape index (κ1) is 10.5. The van der Waals surface area contributed by atoms with Crippen molar-refractivity contribution in [2.45, 2.75) is 13.3 Å². The van der Waals surface area contributed by atoms with E-state index >= 15 is 0 Å². The Morgan fingerprint density at radius 2 is 2.13 bits per heavy atom. The Labute approximate surface area is 94.6 Å². The first-order valence-electron chi connectivity index (χ1n) is 5.08. The van der Waals surface area contributed by atoms with E-state index in [2.05, 4.69) is 24.6 Å². The lowest BCUT2D eigenvalue weighted by Gasteiger charge is -1.99. The van der Waals surface area contributed by atoms with Crippen LogP contribution in [-0.4, -0.2) is 11.1 Å². The lowest BCUT2D eigenvalue weighted by Crippen LogP contribution is -2.03. The van der Waals surface area contributed by atoms with E-state index in [9.17, 15) is 0 Å². The summed E-state index contributed by atoms with van der Waals surface area (Å²) in [5, 5.41) is 2.05. The van der Waals surface area contributed by atoms with Crippen LogP contribution in [0.5, 0.6) is 0 Å². The zero-order valence-corrected chi connectivity index (χ0v) is 9.80. The van der Waals surface area contributed by atoms with Gasteiger partial charge in [0.05, 0.1) is 0 Å². The van der Waals surface area contributed by atoms with Crippen LogP contribution in [0, 0.1) is 6.92 Å². The molecule has 0 aliphatic heterocycles. The molecule has 2 N–H and O–H groups in total. The van der Waals surface area contributed by atoms with Crippen LogP contribution in [0.4, 0.5) is 0 Å². The number of aryl methyl sites for hydroxylation is 1. The molecule has 1 aromatic heterocycles. The minimum atomic E-state index is 0.683. The summed E-state index contributed by atoms with van der Waals surface area (Å²) in [6.45, 7) is 2.81. The molecule has 2 rings (SSSR count). The van der Waals surface area contributed by atoms with Crippen molar-refractivity contribution in [2.75, 3.05) is 6.54 Å². The van der Waals surface area contributed by atoms with E-state index in [0.717, 1.165) is 11.4 Å². The molecule has 2 nitrogen and oxygen atoms in total. The maximum atomic E-state index is 5.99. The van der Waals surface area contributed by atoms with Crippen molar-refractivity contribution in [3.8, 4) is 0 Å². The van der Waals surface area contributed by atoms with Gasteiger partial charge in [-0.05, 0) is 37.6 Å². The molecular weight excluding hydrogens is 208 g/mol. The molecule has 2 aromatic rings. The fourth-order valence-electron chi connectivity index (χ4n) is 2.08. The molecule has 0 spiro atoms. The Morgan fingerprint density at radius 3 is 2.80 bits per heavy atom. The molecule has 3 heteroatoms. The molecule has 0 unspecified atom stereocenters. The Hall–Kier alpha value is -0.990. The topological polar surface area (TPSA) is 30.9 Å². The van der Waals surface area contributed by atoms with E-state index < -0.39 is 0 Å². The Balaban J connectivity index is 2.75. The summed E-state index contributed by atoms with van der Waals surface area (Å²) in [5.74, 6) is 0. The van der Waals surface area contributed by atoms with Gasteiger partial charge in [-0.1, -0.05) is 17.7 Å². The van der Waals surface area contributed by atoms with E-state index in [1.54, 1.807) is 0 Å². The predicted molar refractivity (Wildman–Crippen MR) is 65.4 cm³/mol. The number of hydrogen-bond donors (Lipinski definition) is 1. The van der Waals surface area contributed by atoms with Crippen LogP contribution < -0.4 is 5.73 Å². The molecule has 0 amide bonds. The van der Waals surface area contributed by atoms with Crippen molar-refractivity contribution in [2.24, 2.45) is 12.8 Å². The van der Waals surface area contributed by atoms with Gasteiger partial charge >= 0.3 is 0 Å². The lowest BCUT2D eigenvalue weighted by molar-refractivity contribution is 0.882. The number of nitrogens with two attached hydrogens (primary N) is 1. The number of benzene rings is 1. The zero-order valence-electron chi connectivity index (χ0n) is 9.05. The average molecular weight is 223 g/mol. The second-order valence-corrected chi connectivity index (χ2v) is 4.26. The Kier molecular flexibility index (Phi) is 2.72. The highest BCUT2D eigenvalue weighted by atomic mass is 35.5. The number of halogens is 1. The maximum Gasteiger partial charge on any atom is 0.0497 e. The monoisotopic (exact) mass is 222 g/mol. The second kappa shape index (κ2) is 3.87. The summed E-state index contributed by atoms with van der Waals surface area (Å²) in [4.78, 5) is 0. The Morgan fingerprint density at radius 1 is 1.40 bits per heavy atom. The molecule has 0 bridgehead atoms. The summed E-state index contributed by atoms with van der Waals surface area (Å²) < 4.78 is 2.17. The van der Waals surface area contributed by atoms with Gasteiger partial charge in [0, 0.05) is 28.7 Å². The van der Waals surface area contributed by atoms with Gasteiger partial charge in [0.1, 0.15) is 0 Å². The third-order valence-electron chi connectivity index (χ3n) is 2.98. The lowest BCUT2D eigenvalue weighted by atomic mass is 10.1. The van der Waals surface area contributed by atoms with Crippen molar-refractivity contribution in [1.82, 2.24) is 4.57 Å². The number of hydrogen-bond acceptors (Lipinski definition) is 1. The van der Waals surface area contributed by atoms with Gasteiger partial charge in [0.15, 0.2) is 0 Å². The molecule has 0 radical (unpaired) electrons. The van der Waals surface area contributed by atoms with Crippen LogP contribution in [0.3, 0.4) is 0 Å². The number of nitrogens with zero attached hydrogens (tertiary/aromatic N) is 1. The summed E-state index contributed by atoms with van der Waals surface area (Å²) in [5.41, 5.74) is 9.42. The largest absolute Gasteiger partial charge is 0.348 e. The van der Waals surface area contributed by atoms with Gasteiger partial charge < -0.3 is 10.3 Å². The summed E-state index contributed by atoms with van der Waals surface area (Å²) in [6, 6.07) is 6.02. The second-order valence-electron chi connectivity index (χ2n) is 3.82. The zero-order chi connectivity index (χ0) is 11.0. The minimum absolute atomic E-state index is 0.683. The first-order chi connectivity index (χ1) is 7.15. The van der Waals surface area contributed by atoms with E-state index in [1.807, 2.05) is 12.1 Å². The van der Waals surface area contributed by atoms with Crippen molar-refractivity contribution >= 4 is 22.5 Å². The van der Waals surface area contributed by atoms with Gasteiger partial charge in [0.25, 0.3) is 0 Å². The number of fused-ring (bicyclic) bond motifs is 1. The summed E-state index contributed by atoms with van der Waals surface area (Å²) in [6.07, 6.45) is 0.921. The smallest absolute Gasteiger partial charge is 0.0497 e. The van der Waals surface area contributed by atoms with Crippen LogP contribution in [0.2, 0.25) is 5.02 Å². The van der Waals surface area contributed by atoms with Gasteiger partial charge in [-0.15, -0.1) is 0 Å². The quantitative estimate of drug-likeness (QED) is 0.832. The van der Waals surface area contributed by atoms with E-state index in [1.165, 1.54) is 22.2 Å². The van der Waals surface area contributed by atoms with E-state index in [0.29, 0.717) is 6.54 Å². The molecule has 0 fully saturated rings. The SMILES string of the molecule is Cc1c(CCN)c2ccc(Cl)cc2n1C. The van der Waals surface area contributed by atoms with Gasteiger partial charge in [0.2, 0.25) is 0 Å². The van der Waals surface area contributed by atoms with E-state index in [-0.39, 0.29) is 0 Å². The van der Waals surface area contributed by atoms with Crippen LogP contribution in [0.1, 0.15) is 11.3 Å². The van der Waals surface area contributed by atoms with Crippen molar-refractivity contribution < 1.29 is 0 Å².